The number of Topliss-reactive ketones (excluding diaryl/α,β-unsaturated/α-hetero) is 2. The van der Waals surface area contributed by atoms with Crippen molar-refractivity contribution in [3.8, 4) is 0 Å². The molecule has 0 heterocycles. The number of ketones is 2. The van der Waals surface area contributed by atoms with Crippen LogP contribution in [0.2, 0.25) is 0 Å². The molecule has 12 heavy (non-hydrogen) atoms. The highest BCUT2D eigenvalue weighted by Gasteiger charge is 2.19. The molecule has 0 aliphatic carbocycles. The molecule has 0 amide bonds. The quantitative estimate of drug-likeness (QED) is 0.239. The summed E-state index contributed by atoms with van der Waals surface area (Å²) in [6.45, 7) is 1.20. The van der Waals surface area contributed by atoms with Crippen LogP contribution in [-0.4, -0.2) is 37.9 Å². The molecule has 0 radical (unpaired) electrons. The van der Waals surface area contributed by atoms with Crippen molar-refractivity contribution < 1.29 is 23.9 Å². The second-order valence-corrected chi connectivity index (χ2v) is 2.01. The molecule has 0 atom stereocenters. The second-order valence-electron chi connectivity index (χ2n) is 2.01. The van der Waals surface area contributed by atoms with Gasteiger partial charge < -0.3 is 9.47 Å². The van der Waals surface area contributed by atoms with Gasteiger partial charge in [0.05, 0.1) is 6.61 Å². The summed E-state index contributed by atoms with van der Waals surface area (Å²) >= 11 is 0. The van der Waals surface area contributed by atoms with E-state index in [1.807, 2.05) is 0 Å². The number of hydrogen-bond donors (Lipinski definition) is 0. The Morgan fingerprint density at radius 1 is 1.17 bits per heavy atom. The molecule has 5 heteroatoms. The van der Waals surface area contributed by atoms with Crippen LogP contribution in [0.4, 0.5) is 0 Å². The van der Waals surface area contributed by atoms with E-state index in [1.165, 1.54) is 7.11 Å². The van der Waals surface area contributed by atoms with Crippen LogP contribution in [0.15, 0.2) is 0 Å². The van der Waals surface area contributed by atoms with Crippen molar-refractivity contribution >= 4 is 17.5 Å². The molecule has 0 N–H and O–H groups in total. The van der Waals surface area contributed by atoms with E-state index in [4.69, 9.17) is 0 Å². The maximum atomic E-state index is 10.6. The summed E-state index contributed by atoms with van der Waals surface area (Å²) in [5, 5.41) is 0. The van der Waals surface area contributed by atoms with Crippen molar-refractivity contribution in [2.24, 2.45) is 0 Å². The van der Waals surface area contributed by atoms with Gasteiger partial charge >= 0.3 is 11.8 Å². The minimum atomic E-state index is -1.13. The number of hydrogen-bond acceptors (Lipinski definition) is 5. The highest BCUT2D eigenvalue weighted by Crippen LogP contribution is 1.83. The van der Waals surface area contributed by atoms with Crippen LogP contribution in [0.1, 0.15) is 6.92 Å². The van der Waals surface area contributed by atoms with E-state index in [2.05, 4.69) is 9.47 Å². The molecule has 0 aliphatic rings. The maximum Gasteiger partial charge on any atom is 0.382 e. The molecule has 0 rings (SSSR count). The summed E-state index contributed by atoms with van der Waals surface area (Å²) < 4.78 is 8.93. The van der Waals surface area contributed by atoms with E-state index >= 15 is 0 Å². The minimum Gasteiger partial charge on any atom is -0.457 e. The number of rotatable bonds is 5. The van der Waals surface area contributed by atoms with Crippen LogP contribution in [0.3, 0.4) is 0 Å². The predicted octanol–water partition coefficient (Wildman–Crippen LogP) is -0.666. The molecule has 0 unspecified atom stereocenters. The number of ether oxygens (including phenoxy) is 2. The first-order valence-corrected chi connectivity index (χ1v) is 3.30. The molecule has 0 aliphatic heterocycles. The van der Waals surface area contributed by atoms with Crippen LogP contribution in [0, 0.1) is 0 Å². The Morgan fingerprint density at radius 2 is 1.75 bits per heavy atom. The van der Waals surface area contributed by atoms with E-state index < -0.39 is 17.5 Å². The third-order valence-corrected chi connectivity index (χ3v) is 1.03. The van der Waals surface area contributed by atoms with Gasteiger partial charge in [0.15, 0.2) is 0 Å². The Morgan fingerprint density at radius 3 is 2.17 bits per heavy atom. The molecule has 0 spiro atoms. The van der Waals surface area contributed by atoms with Gasteiger partial charge in [-0.15, -0.1) is 0 Å². The zero-order valence-corrected chi connectivity index (χ0v) is 6.96. The summed E-state index contributed by atoms with van der Waals surface area (Å²) in [5.41, 5.74) is 0. The van der Waals surface area contributed by atoms with Gasteiger partial charge in [-0.05, 0) is 0 Å². The fourth-order valence-electron chi connectivity index (χ4n) is 0.427. The summed E-state index contributed by atoms with van der Waals surface area (Å²) in [6.07, 6.45) is 0. The van der Waals surface area contributed by atoms with Crippen LogP contribution in [-0.2, 0) is 23.9 Å². The summed E-state index contributed by atoms with van der Waals surface area (Å²) in [6, 6.07) is 0. The topological polar surface area (TPSA) is 69.7 Å². The van der Waals surface area contributed by atoms with Crippen molar-refractivity contribution in [1.29, 1.82) is 0 Å². The summed E-state index contributed by atoms with van der Waals surface area (Å²) in [7, 11) is 1.43. The fourth-order valence-corrected chi connectivity index (χ4v) is 0.427. The molecule has 0 saturated heterocycles. The van der Waals surface area contributed by atoms with E-state index in [-0.39, 0.29) is 13.2 Å². The highest BCUT2D eigenvalue weighted by atomic mass is 16.6. The highest BCUT2D eigenvalue weighted by molar-refractivity contribution is 6.61. The minimum absolute atomic E-state index is 0.0195. The van der Waals surface area contributed by atoms with Crippen LogP contribution in [0.25, 0.3) is 0 Å². The first-order chi connectivity index (χ1) is 5.59. The van der Waals surface area contributed by atoms with Crippen LogP contribution >= 0.6 is 0 Å². The van der Waals surface area contributed by atoms with Gasteiger partial charge in [0.1, 0.15) is 6.61 Å². The van der Waals surface area contributed by atoms with E-state index in [0.29, 0.717) is 0 Å². The molecule has 68 valence electrons. The number of carbonyl (C=O) groups excluding carboxylic acids is 3. The van der Waals surface area contributed by atoms with Gasteiger partial charge in [-0.3, -0.25) is 9.59 Å². The van der Waals surface area contributed by atoms with Crippen molar-refractivity contribution in [2.45, 2.75) is 6.92 Å². The second kappa shape index (κ2) is 5.42. The standard InChI is InChI=1S/C7H10O5/c1-5(8)6(9)7(10)12-4-3-11-2/h3-4H2,1-2H3. The number of carbonyl (C=O) groups is 3. The van der Waals surface area contributed by atoms with Crippen molar-refractivity contribution in [3.63, 3.8) is 0 Å². The molecule has 0 bridgehead atoms. The van der Waals surface area contributed by atoms with E-state index in [0.717, 1.165) is 6.92 Å². The monoisotopic (exact) mass is 174 g/mol. The number of esters is 1. The van der Waals surface area contributed by atoms with Gasteiger partial charge in [-0.25, -0.2) is 4.79 Å². The summed E-state index contributed by atoms with van der Waals surface area (Å²) in [5.74, 6) is -3.08. The molecular weight excluding hydrogens is 164 g/mol. The fraction of sp³-hybridized carbons (Fsp3) is 0.571. The SMILES string of the molecule is COCCOC(=O)C(=O)C(C)=O. The smallest absolute Gasteiger partial charge is 0.382 e. The van der Waals surface area contributed by atoms with E-state index in [1.54, 1.807) is 0 Å². The zero-order valence-electron chi connectivity index (χ0n) is 6.96. The lowest BCUT2D eigenvalue weighted by Gasteiger charge is -2.00. The first kappa shape index (κ1) is 10.8. The molecular formula is C7H10O5. The Balaban J connectivity index is 3.73. The van der Waals surface area contributed by atoms with Gasteiger partial charge in [0.2, 0.25) is 5.78 Å². The third kappa shape index (κ3) is 3.82. The lowest BCUT2D eigenvalue weighted by Crippen LogP contribution is -2.25. The average molecular weight is 174 g/mol. The Kier molecular flexibility index (Phi) is 4.87. The zero-order chi connectivity index (χ0) is 9.56. The first-order valence-electron chi connectivity index (χ1n) is 3.30. The predicted molar refractivity (Wildman–Crippen MR) is 38.5 cm³/mol. The van der Waals surface area contributed by atoms with Gasteiger partial charge in [0, 0.05) is 14.0 Å². The normalized spacial score (nSPS) is 9.17. The van der Waals surface area contributed by atoms with Gasteiger partial charge in [-0.2, -0.15) is 0 Å². The largest absolute Gasteiger partial charge is 0.457 e. The van der Waals surface area contributed by atoms with Crippen LogP contribution in [0.5, 0.6) is 0 Å². The van der Waals surface area contributed by atoms with Crippen molar-refractivity contribution in [2.75, 3.05) is 20.3 Å². The molecule has 0 aromatic heterocycles. The molecule has 0 saturated carbocycles. The average Bonchev–Trinajstić information content (AvgIpc) is 2.03. The Hall–Kier alpha value is -1.23. The summed E-state index contributed by atoms with van der Waals surface area (Å²) in [4.78, 5) is 31.5. The lowest BCUT2D eigenvalue weighted by molar-refractivity contribution is -0.157. The number of methoxy groups -OCH3 is 1. The van der Waals surface area contributed by atoms with Crippen LogP contribution < -0.4 is 0 Å². The molecule has 5 nitrogen and oxygen atoms in total. The van der Waals surface area contributed by atoms with E-state index in [9.17, 15) is 14.4 Å². The maximum absolute atomic E-state index is 10.6. The lowest BCUT2D eigenvalue weighted by atomic mass is 10.3. The van der Waals surface area contributed by atoms with Crippen molar-refractivity contribution in [1.82, 2.24) is 0 Å². The Labute approximate surface area is 69.6 Å². The van der Waals surface area contributed by atoms with Gasteiger partial charge in [-0.1, -0.05) is 0 Å². The molecule has 0 aromatic carbocycles. The molecule has 0 fully saturated rings. The van der Waals surface area contributed by atoms with Crippen molar-refractivity contribution in [3.05, 3.63) is 0 Å². The van der Waals surface area contributed by atoms with Gasteiger partial charge in [0.25, 0.3) is 0 Å². The Bertz CT molecular complexity index is 196. The molecule has 0 aromatic rings. The third-order valence-electron chi connectivity index (χ3n) is 1.03.